The fourth-order valence-corrected chi connectivity index (χ4v) is 1.62. The highest BCUT2D eigenvalue weighted by molar-refractivity contribution is 8.29. The molecule has 0 aromatic rings. The second-order valence-electron chi connectivity index (χ2n) is 8.36. The minimum absolute atomic E-state index is 0.0406. The lowest BCUT2D eigenvalue weighted by Crippen LogP contribution is -2.41. The SMILES string of the molecule is CC(C)(C)OC(=O)NC1CCCC(=O)C1.CC(C)(C)S(C)(C)O. The zero-order valence-corrected chi connectivity index (χ0v) is 16.8. The maximum atomic E-state index is 11.4. The monoisotopic (exact) mass is 349 g/mol. The van der Waals surface area contributed by atoms with Crippen molar-refractivity contribution >= 4 is 22.2 Å². The molecule has 2 N–H and O–H groups in total. The minimum atomic E-state index is -1.34. The van der Waals surface area contributed by atoms with E-state index in [1.165, 1.54) is 0 Å². The van der Waals surface area contributed by atoms with Gasteiger partial charge in [-0.05, 0) is 46.1 Å². The smallest absolute Gasteiger partial charge is 0.407 e. The number of alkyl carbamates (subject to hydrolysis) is 1. The van der Waals surface area contributed by atoms with Crippen LogP contribution >= 0.6 is 10.3 Å². The van der Waals surface area contributed by atoms with Crippen LogP contribution in [0.5, 0.6) is 0 Å². The van der Waals surface area contributed by atoms with E-state index in [-0.39, 0.29) is 16.6 Å². The van der Waals surface area contributed by atoms with Crippen LogP contribution in [0.1, 0.15) is 67.2 Å². The molecule has 0 radical (unpaired) electrons. The van der Waals surface area contributed by atoms with Gasteiger partial charge >= 0.3 is 6.09 Å². The van der Waals surface area contributed by atoms with Crippen molar-refractivity contribution in [2.24, 2.45) is 0 Å². The third-order valence-corrected chi connectivity index (χ3v) is 6.70. The molecule has 1 fully saturated rings. The molecule has 0 aliphatic heterocycles. The van der Waals surface area contributed by atoms with Gasteiger partial charge in [-0.25, -0.2) is 4.79 Å². The van der Waals surface area contributed by atoms with Gasteiger partial charge in [0.2, 0.25) is 0 Å². The Balaban J connectivity index is 0.000000515. The summed E-state index contributed by atoms with van der Waals surface area (Å²) in [5.41, 5.74) is -0.483. The van der Waals surface area contributed by atoms with E-state index in [1.54, 1.807) is 0 Å². The van der Waals surface area contributed by atoms with E-state index < -0.39 is 22.0 Å². The van der Waals surface area contributed by atoms with Crippen molar-refractivity contribution in [3.8, 4) is 0 Å². The van der Waals surface area contributed by atoms with E-state index in [9.17, 15) is 14.1 Å². The van der Waals surface area contributed by atoms with Gasteiger partial charge < -0.3 is 14.6 Å². The lowest BCUT2D eigenvalue weighted by Gasteiger charge is -2.38. The number of carbonyl (C=O) groups excluding carboxylic acids is 2. The van der Waals surface area contributed by atoms with Crippen molar-refractivity contribution in [3.63, 3.8) is 0 Å². The summed E-state index contributed by atoms with van der Waals surface area (Å²) in [7, 11) is -1.34. The summed E-state index contributed by atoms with van der Waals surface area (Å²) in [4.78, 5) is 22.5. The highest BCUT2D eigenvalue weighted by Crippen LogP contribution is 2.48. The highest BCUT2D eigenvalue weighted by atomic mass is 32.3. The number of nitrogens with one attached hydrogen (secondary N) is 1. The minimum Gasteiger partial charge on any atom is -0.444 e. The van der Waals surface area contributed by atoms with Crippen LogP contribution < -0.4 is 5.32 Å². The topological polar surface area (TPSA) is 75.6 Å². The molecule has 0 aromatic heterocycles. The number of Topliss-reactive ketones (excluding diaryl/α,β-unsaturated/α-hetero) is 1. The summed E-state index contributed by atoms with van der Waals surface area (Å²) in [5, 5.41) is 2.72. The molecule has 6 heteroatoms. The van der Waals surface area contributed by atoms with Crippen LogP contribution in [-0.2, 0) is 9.53 Å². The average Bonchev–Trinajstić information content (AvgIpc) is 2.23. The zero-order chi connectivity index (χ0) is 18.5. The molecule has 0 bridgehead atoms. The van der Waals surface area contributed by atoms with Crippen molar-refractivity contribution in [3.05, 3.63) is 0 Å². The number of rotatable bonds is 1. The molecule has 1 rings (SSSR count). The van der Waals surface area contributed by atoms with Crippen molar-refractivity contribution < 1.29 is 18.9 Å². The van der Waals surface area contributed by atoms with Gasteiger partial charge in [-0.1, -0.05) is 20.8 Å². The van der Waals surface area contributed by atoms with E-state index in [0.717, 1.165) is 12.8 Å². The van der Waals surface area contributed by atoms with E-state index in [0.29, 0.717) is 12.8 Å². The summed E-state index contributed by atoms with van der Waals surface area (Å²) < 4.78 is 14.6. The number of ketones is 1. The Hall–Kier alpha value is -0.750. The Kier molecular flexibility index (Phi) is 8.10. The van der Waals surface area contributed by atoms with Gasteiger partial charge in [-0.15, -0.1) is 10.3 Å². The number of hydrogen-bond acceptors (Lipinski definition) is 4. The predicted molar refractivity (Wildman–Crippen MR) is 98.5 cm³/mol. The van der Waals surface area contributed by atoms with Gasteiger partial charge in [0.05, 0.1) is 0 Å². The first-order chi connectivity index (χ1) is 10.1. The maximum Gasteiger partial charge on any atom is 0.407 e. The molecule has 5 nitrogen and oxygen atoms in total. The summed E-state index contributed by atoms with van der Waals surface area (Å²) in [6.45, 7) is 11.6. The first-order valence-electron chi connectivity index (χ1n) is 8.08. The number of amides is 1. The van der Waals surface area contributed by atoms with Gasteiger partial charge in [0.25, 0.3) is 0 Å². The second-order valence-corrected chi connectivity index (χ2v) is 12.1. The molecular weight excluding hydrogens is 314 g/mol. The summed E-state index contributed by atoms with van der Waals surface area (Å²) >= 11 is 0. The highest BCUT2D eigenvalue weighted by Gasteiger charge is 2.25. The average molecular weight is 350 g/mol. The normalized spacial score (nSPS) is 20.2. The van der Waals surface area contributed by atoms with Crippen molar-refractivity contribution in [1.82, 2.24) is 5.32 Å². The van der Waals surface area contributed by atoms with E-state index in [1.807, 2.05) is 33.3 Å². The number of carbonyl (C=O) groups is 2. The van der Waals surface area contributed by atoms with Gasteiger partial charge in [0.1, 0.15) is 11.4 Å². The third-order valence-electron chi connectivity index (χ3n) is 3.70. The first kappa shape index (κ1) is 22.2. The molecule has 1 aliphatic carbocycles. The molecule has 1 unspecified atom stereocenters. The fraction of sp³-hybridized carbons (Fsp3) is 0.882. The quantitative estimate of drug-likeness (QED) is 0.738. The molecular formula is C17H35NO4S. The summed E-state index contributed by atoms with van der Waals surface area (Å²) in [5.74, 6) is 0.224. The Morgan fingerprint density at radius 3 is 2.04 bits per heavy atom. The third kappa shape index (κ3) is 10.6. The maximum absolute atomic E-state index is 11.4. The molecule has 1 aliphatic rings. The van der Waals surface area contributed by atoms with Gasteiger partial charge in [0.15, 0.2) is 0 Å². The molecule has 1 saturated carbocycles. The van der Waals surface area contributed by atoms with Crippen LogP contribution in [-0.4, -0.2) is 45.3 Å². The molecule has 138 valence electrons. The predicted octanol–water partition coefficient (Wildman–Crippen LogP) is 4.34. The Morgan fingerprint density at radius 1 is 1.22 bits per heavy atom. The largest absolute Gasteiger partial charge is 0.444 e. The van der Waals surface area contributed by atoms with Gasteiger partial charge in [0, 0.05) is 23.6 Å². The molecule has 1 amide bonds. The van der Waals surface area contributed by atoms with Crippen LogP contribution in [0, 0.1) is 0 Å². The first-order valence-corrected chi connectivity index (χ1v) is 10.5. The number of hydrogen-bond donors (Lipinski definition) is 2. The van der Waals surface area contributed by atoms with E-state index in [4.69, 9.17) is 4.74 Å². The Bertz CT molecular complexity index is 390. The molecule has 0 spiro atoms. The molecule has 0 aromatic carbocycles. The molecule has 1 atom stereocenters. The van der Waals surface area contributed by atoms with Crippen LogP contribution in [0.25, 0.3) is 0 Å². The Labute approximate surface area is 143 Å². The lowest BCUT2D eigenvalue weighted by atomic mass is 9.94. The fourth-order valence-electron chi connectivity index (χ4n) is 1.62. The molecule has 0 heterocycles. The molecule has 0 saturated heterocycles. The van der Waals surface area contributed by atoms with E-state index >= 15 is 0 Å². The zero-order valence-electron chi connectivity index (χ0n) is 16.0. The Morgan fingerprint density at radius 2 is 1.70 bits per heavy atom. The standard InChI is InChI=1S/C11H19NO3.C6H16OS/c1-11(2,3)15-10(14)12-8-5-4-6-9(13)7-8;1-6(2,3)8(4,5)7/h8H,4-7H2,1-3H3,(H,12,14);7H,1-5H3. The lowest BCUT2D eigenvalue weighted by molar-refractivity contribution is -0.120. The summed E-state index contributed by atoms with van der Waals surface area (Å²) in [6.07, 6.45) is 6.21. The van der Waals surface area contributed by atoms with Crippen LogP contribution in [0.15, 0.2) is 0 Å². The second kappa shape index (κ2) is 8.38. The van der Waals surface area contributed by atoms with Gasteiger partial charge in [-0.3, -0.25) is 4.79 Å². The van der Waals surface area contributed by atoms with Crippen molar-refractivity contribution in [2.75, 3.05) is 12.5 Å². The van der Waals surface area contributed by atoms with Crippen molar-refractivity contribution in [1.29, 1.82) is 0 Å². The van der Waals surface area contributed by atoms with Crippen LogP contribution in [0.2, 0.25) is 0 Å². The van der Waals surface area contributed by atoms with Crippen molar-refractivity contribution in [2.45, 2.75) is 83.6 Å². The van der Waals surface area contributed by atoms with Crippen LogP contribution in [0.3, 0.4) is 0 Å². The number of ether oxygens (including phenoxy) is 1. The van der Waals surface area contributed by atoms with Gasteiger partial charge in [-0.2, -0.15) is 0 Å². The van der Waals surface area contributed by atoms with E-state index in [2.05, 4.69) is 26.1 Å². The molecule has 23 heavy (non-hydrogen) atoms. The van der Waals surface area contributed by atoms with Crippen LogP contribution in [0.4, 0.5) is 4.79 Å². The summed E-state index contributed by atoms with van der Waals surface area (Å²) in [6, 6.07) is -0.0406.